The molecule has 0 aliphatic rings. The van der Waals surface area contributed by atoms with E-state index in [0.29, 0.717) is 6.42 Å². The first-order valence-electron chi connectivity index (χ1n) is 5.61. The van der Waals surface area contributed by atoms with E-state index in [1.807, 2.05) is 6.92 Å². The Kier molecular flexibility index (Phi) is 5.57. The zero-order valence-corrected chi connectivity index (χ0v) is 10.1. The van der Waals surface area contributed by atoms with E-state index in [1.54, 1.807) is 0 Å². The highest BCUT2D eigenvalue weighted by Crippen LogP contribution is 2.35. The largest absolute Gasteiger partial charge is 0.481 e. The van der Waals surface area contributed by atoms with Crippen molar-refractivity contribution in [1.82, 2.24) is 0 Å². The van der Waals surface area contributed by atoms with Crippen LogP contribution in [0, 0.1) is 5.41 Å². The summed E-state index contributed by atoms with van der Waals surface area (Å²) in [5.41, 5.74) is -2.10. The molecule has 17 heavy (non-hydrogen) atoms. The van der Waals surface area contributed by atoms with Crippen LogP contribution in [-0.2, 0) is 9.59 Å². The van der Waals surface area contributed by atoms with E-state index in [4.69, 9.17) is 10.2 Å². The number of carboxylic acids is 2. The maximum atomic E-state index is 11.1. The van der Waals surface area contributed by atoms with Gasteiger partial charge in [0, 0.05) is 0 Å². The van der Waals surface area contributed by atoms with Crippen molar-refractivity contribution in [1.29, 1.82) is 0 Å². The molecule has 6 heteroatoms. The first kappa shape index (κ1) is 15.9. The van der Waals surface area contributed by atoms with Gasteiger partial charge < -0.3 is 20.4 Å². The van der Waals surface area contributed by atoms with E-state index in [2.05, 4.69) is 0 Å². The van der Waals surface area contributed by atoms with Crippen molar-refractivity contribution in [3.05, 3.63) is 0 Å². The summed E-state index contributed by atoms with van der Waals surface area (Å²) >= 11 is 0. The minimum Gasteiger partial charge on any atom is -0.481 e. The second-order valence-electron chi connectivity index (χ2n) is 4.43. The summed E-state index contributed by atoms with van der Waals surface area (Å²) < 4.78 is 0. The fourth-order valence-electron chi connectivity index (χ4n) is 1.57. The molecule has 0 unspecified atom stereocenters. The highest BCUT2D eigenvalue weighted by molar-refractivity contribution is 5.86. The van der Waals surface area contributed by atoms with Crippen molar-refractivity contribution < 1.29 is 30.0 Å². The number of carbonyl (C=O) groups is 2. The lowest BCUT2D eigenvalue weighted by Gasteiger charge is -2.34. The molecular weight excluding hydrogens is 228 g/mol. The van der Waals surface area contributed by atoms with E-state index < -0.39 is 23.1 Å². The van der Waals surface area contributed by atoms with Gasteiger partial charge in [-0.15, -0.1) is 0 Å². The smallest absolute Gasteiger partial charge is 0.365 e. The lowest BCUT2D eigenvalue weighted by Crippen LogP contribution is -2.56. The first-order valence-corrected chi connectivity index (χ1v) is 5.61. The van der Waals surface area contributed by atoms with Crippen LogP contribution >= 0.6 is 0 Å². The van der Waals surface area contributed by atoms with Crippen molar-refractivity contribution in [3.8, 4) is 0 Å². The molecule has 0 saturated carbocycles. The number of aliphatic hydroxyl groups is 2. The summed E-state index contributed by atoms with van der Waals surface area (Å²) in [6, 6.07) is 0. The molecule has 0 bridgehead atoms. The fourth-order valence-corrected chi connectivity index (χ4v) is 1.57. The molecular formula is C11H20O6. The molecule has 0 amide bonds. The van der Waals surface area contributed by atoms with Crippen molar-refractivity contribution in [3.63, 3.8) is 0 Å². The van der Waals surface area contributed by atoms with Gasteiger partial charge in [0.1, 0.15) is 5.41 Å². The summed E-state index contributed by atoms with van der Waals surface area (Å²) in [6.07, 6.45) is 2.92. The molecule has 0 fully saturated rings. The van der Waals surface area contributed by atoms with E-state index in [-0.39, 0.29) is 6.42 Å². The van der Waals surface area contributed by atoms with Crippen LogP contribution < -0.4 is 0 Å². The van der Waals surface area contributed by atoms with Crippen LogP contribution in [0.25, 0.3) is 0 Å². The van der Waals surface area contributed by atoms with Crippen LogP contribution in [0.4, 0.5) is 0 Å². The quantitative estimate of drug-likeness (QED) is 0.373. The number of rotatable bonds is 8. The van der Waals surface area contributed by atoms with Crippen LogP contribution in [0.1, 0.15) is 46.0 Å². The molecule has 0 aromatic heterocycles. The van der Waals surface area contributed by atoms with Crippen molar-refractivity contribution in [2.24, 2.45) is 5.41 Å². The Morgan fingerprint density at radius 1 is 1.00 bits per heavy atom. The number of aliphatic carboxylic acids is 2. The number of unbranched alkanes of at least 4 members (excludes halogenated alkanes) is 3. The summed E-state index contributed by atoms with van der Waals surface area (Å²) in [5, 5.41) is 36.5. The first-order chi connectivity index (χ1) is 7.70. The van der Waals surface area contributed by atoms with Crippen LogP contribution in [0.3, 0.4) is 0 Å². The maximum absolute atomic E-state index is 11.1. The third kappa shape index (κ3) is 3.41. The Hall–Kier alpha value is -1.14. The lowest BCUT2D eigenvalue weighted by molar-refractivity contribution is -0.249. The molecule has 4 N–H and O–H groups in total. The van der Waals surface area contributed by atoms with E-state index >= 15 is 0 Å². The third-order valence-electron chi connectivity index (χ3n) is 3.07. The molecule has 0 aliphatic carbocycles. The standard InChI is InChI=1S/C11H20O6/c1-3-4-5-6-7-10(2,8(12)13)11(16,17)9(14)15/h16-17H,3-7H2,1-2H3,(H,12,13)(H,14,15)/t10-/m0/s1. The van der Waals surface area contributed by atoms with Crippen molar-refractivity contribution >= 4 is 11.9 Å². The van der Waals surface area contributed by atoms with Gasteiger partial charge in [0.05, 0.1) is 0 Å². The highest BCUT2D eigenvalue weighted by Gasteiger charge is 2.57. The molecule has 0 rings (SSSR count). The number of carboxylic acid groups (broad SMARTS) is 2. The molecule has 0 aromatic carbocycles. The van der Waals surface area contributed by atoms with Gasteiger partial charge in [-0.05, 0) is 13.3 Å². The van der Waals surface area contributed by atoms with E-state index in [1.165, 1.54) is 0 Å². The molecule has 0 radical (unpaired) electrons. The average molecular weight is 248 g/mol. The van der Waals surface area contributed by atoms with Crippen LogP contribution in [0.5, 0.6) is 0 Å². The minimum atomic E-state index is -3.26. The summed E-state index contributed by atoms with van der Waals surface area (Å²) in [6.45, 7) is 3.02. The van der Waals surface area contributed by atoms with Crippen LogP contribution in [0.2, 0.25) is 0 Å². The van der Waals surface area contributed by atoms with Gasteiger partial charge in [-0.1, -0.05) is 32.6 Å². The fraction of sp³-hybridized carbons (Fsp3) is 0.818. The van der Waals surface area contributed by atoms with E-state index in [9.17, 15) is 19.8 Å². The van der Waals surface area contributed by atoms with Gasteiger partial charge in [-0.2, -0.15) is 0 Å². The van der Waals surface area contributed by atoms with Crippen LogP contribution in [-0.4, -0.2) is 38.2 Å². The van der Waals surface area contributed by atoms with Gasteiger partial charge in [-0.3, -0.25) is 4.79 Å². The van der Waals surface area contributed by atoms with Gasteiger partial charge in [0.25, 0.3) is 5.79 Å². The monoisotopic (exact) mass is 248 g/mol. The van der Waals surface area contributed by atoms with Crippen molar-refractivity contribution in [2.75, 3.05) is 0 Å². The lowest BCUT2D eigenvalue weighted by atomic mass is 9.76. The third-order valence-corrected chi connectivity index (χ3v) is 3.07. The van der Waals surface area contributed by atoms with Crippen molar-refractivity contribution in [2.45, 2.75) is 51.7 Å². The van der Waals surface area contributed by atoms with Gasteiger partial charge >= 0.3 is 11.9 Å². The molecule has 1 atom stereocenters. The molecule has 6 nitrogen and oxygen atoms in total. The molecule has 0 heterocycles. The summed E-state index contributed by atoms with van der Waals surface area (Å²) in [7, 11) is 0. The second-order valence-corrected chi connectivity index (χ2v) is 4.43. The predicted octanol–water partition coefficient (Wildman–Crippen LogP) is 0.813. The molecule has 0 spiro atoms. The SMILES string of the molecule is CCCCCC[C@@](C)(C(=O)O)C(O)(O)C(=O)O. The Balaban J connectivity index is 4.80. The molecule has 100 valence electrons. The van der Waals surface area contributed by atoms with Gasteiger partial charge in [0.15, 0.2) is 0 Å². The topological polar surface area (TPSA) is 115 Å². The second kappa shape index (κ2) is 5.97. The predicted molar refractivity (Wildman–Crippen MR) is 59.3 cm³/mol. The normalized spacial score (nSPS) is 15.3. The molecule has 0 aromatic rings. The Bertz CT molecular complexity index is 286. The molecule has 0 saturated heterocycles. The van der Waals surface area contributed by atoms with Gasteiger partial charge in [0.2, 0.25) is 0 Å². The van der Waals surface area contributed by atoms with E-state index in [0.717, 1.165) is 26.2 Å². The Morgan fingerprint density at radius 3 is 1.88 bits per heavy atom. The Labute approximate surface area is 99.9 Å². The maximum Gasteiger partial charge on any atom is 0.365 e. The zero-order valence-electron chi connectivity index (χ0n) is 10.1. The van der Waals surface area contributed by atoms with Crippen LogP contribution in [0.15, 0.2) is 0 Å². The zero-order chi connectivity index (χ0) is 13.7. The average Bonchev–Trinajstić information content (AvgIpc) is 2.23. The highest BCUT2D eigenvalue weighted by atomic mass is 16.5. The summed E-state index contributed by atoms with van der Waals surface area (Å²) in [5.74, 6) is -6.73. The van der Waals surface area contributed by atoms with Gasteiger partial charge in [-0.25, -0.2) is 4.79 Å². The number of hydrogen-bond acceptors (Lipinski definition) is 4. The summed E-state index contributed by atoms with van der Waals surface area (Å²) in [4.78, 5) is 21.8. The molecule has 0 aliphatic heterocycles. The number of hydrogen-bond donors (Lipinski definition) is 4. The minimum absolute atomic E-state index is 0.0956. The Morgan fingerprint density at radius 2 is 1.53 bits per heavy atom.